The van der Waals surface area contributed by atoms with Crippen LogP contribution in [0, 0.1) is 0 Å². The van der Waals surface area contributed by atoms with Crippen molar-refractivity contribution in [3.63, 3.8) is 0 Å². The number of rotatable bonds is 11. The van der Waals surface area contributed by atoms with E-state index >= 15 is 0 Å². The van der Waals surface area contributed by atoms with Gasteiger partial charge in [-0.1, -0.05) is 55.8 Å². The van der Waals surface area contributed by atoms with Crippen molar-refractivity contribution in [1.82, 2.24) is 14.5 Å². The summed E-state index contributed by atoms with van der Waals surface area (Å²) in [5.74, 6) is -0.704. The van der Waals surface area contributed by atoms with Gasteiger partial charge < -0.3 is 10.2 Å². The molecule has 180 valence electrons. The molecule has 0 heterocycles. The fraction of sp³-hybridized carbons (Fsp3) is 0.417. The first-order valence-electron chi connectivity index (χ1n) is 11.0. The first-order valence-corrected chi connectivity index (χ1v) is 12.8. The molecule has 9 heteroatoms. The Morgan fingerprint density at radius 3 is 2.15 bits per heavy atom. The third-order valence-corrected chi connectivity index (χ3v) is 7.53. The second-order valence-electron chi connectivity index (χ2n) is 7.96. The molecule has 2 aromatic carbocycles. The molecule has 33 heavy (non-hydrogen) atoms. The zero-order valence-corrected chi connectivity index (χ0v) is 21.1. The van der Waals surface area contributed by atoms with Crippen molar-refractivity contribution in [2.75, 3.05) is 13.6 Å². The molecule has 0 bridgehead atoms. The van der Waals surface area contributed by atoms with Crippen molar-refractivity contribution < 1.29 is 18.0 Å². The van der Waals surface area contributed by atoms with Crippen molar-refractivity contribution in [3.05, 3.63) is 65.2 Å². The van der Waals surface area contributed by atoms with Gasteiger partial charge >= 0.3 is 0 Å². The number of carbonyl (C=O) groups excluding carboxylic acids is 2. The van der Waals surface area contributed by atoms with E-state index in [-0.39, 0.29) is 23.4 Å². The number of likely N-dealkylation sites (N-methyl/N-ethyl adjacent to an activating group) is 1. The van der Waals surface area contributed by atoms with E-state index in [1.54, 1.807) is 0 Å². The fourth-order valence-electron chi connectivity index (χ4n) is 3.29. The van der Waals surface area contributed by atoms with Crippen LogP contribution < -0.4 is 5.32 Å². The first-order chi connectivity index (χ1) is 15.6. The molecule has 0 radical (unpaired) electrons. The van der Waals surface area contributed by atoms with Gasteiger partial charge in [0, 0.05) is 24.7 Å². The highest BCUT2D eigenvalue weighted by Gasteiger charge is 2.32. The van der Waals surface area contributed by atoms with Crippen LogP contribution in [0.5, 0.6) is 0 Å². The van der Waals surface area contributed by atoms with Gasteiger partial charge in [-0.05, 0) is 49.6 Å². The van der Waals surface area contributed by atoms with E-state index in [0.717, 1.165) is 16.3 Å². The van der Waals surface area contributed by atoms with Crippen molar-refractivity contribution in [2.45, 2.75) is 57.1 Å². The highest BCUT2D eigenvalue weighted by molar-refractivity contribution is 7.89. The molecule has 2 atom stereocenters. The number of nitrogens with zero attached hydrogens (tertiary/aromatic N) is 2. The summed E-state index contributed by atoms with van der Waals surface area (Å²) in [4.78, 5) is 27.8. The Morgan fingerprint density at radius 1 is 1.00 bits per heavy atom. The zero-order valence-electron chi connectivity index (χ0n) is 19.5. The number of hydrogen-bond acceptors (Lipinski definition) is 4. The number of sulfonamides is 1. The molecule has 0 aliphatic rings. The van der Waals surface area contributed by atoms with E-state index in [0.29, 0.717) is 11.4 Å². The lowest BCUT2D eigenvalue weighted by atomic mass is 10.1. The smallest absolute Gasteiger partial charge is 0.243 e. The van der Waals surface area contributed by atoms with Gasteiger partial charge in [0.2, 0.25) is 21.8 Å². The van der Waals surface area contributed by atoms with Gasteiger partial charge in [-0.3, -0.25) is 9.59 Å². The number of halogens is 1. The second kappa shape index (κ2) is 12.2. The van der Waals surface area contributed by atoms with E-state index in [4.69, 9.17) is 11.6 Å². The number of benzene rings is 2. The summed E-state index contributed by atoms with van der Waals surface area (Å²) in [6.45, 7) is 5.50. The molecule has 0 fully saturated rings. The van der Waals surface area contributed by atoms with Crippen molar-refractivity contribution in [1.29, 1.82) is 0 Å². The molecular formula is C24H32ClN3O4S. The third-order valence-electron chi connectivity index (χ3n) is 5.46. The molecule has 1 N–H and O–H groups in total. The minimum Gasteiger partial charge on any atom is -0.352 e. The molecule has 7 nitrogen and oxygen atoms in total. The molecule has 0 aliphatic carbocycles. The molecule has 2 amide bonds. The Bertz CT molecular complexity index is 1030. The fourth-order valence-corrected chi connectivity index (χ4v) is 4.54. The molecule has 0 saturated carbocycles. The monoisotopic (exact) mass is 493 g/mol. The SMILES string of the molecule is CCC(C)NC(=O)C(CC)N(Cc1ccccc1)C(=O)CN(C)S(=O)(=O)c1ccc(Cl)cc1. The average molecular weight is 494 g/mol. The Kier molecular flexibility index (Phi) is 9.88. The van der Waals surface area contributed by atoms with E-state index in [1.165, 1.54) is 36.2 Å². The topological polar surface area (TPSA) is 86.8 Å². The van der Waals surface area contributed by atoms with Gasteiger partial charge in [0.05, 0.1) is 11.4 Å². The molecule has 0 spiro atoms. The molecule has 0 aliphatic heterocycles. The summed E-state index contributed by atoms with van der Waals surface area (Å²) in [5.41, 5.74) is 0.851. The number of amides is 2. The zero-order chi connectivity index (χ0) is 24.6. The quantitative estimate of drug-likeness (QED) is 0.517. The van der Waals surface area contributed by atoms with Gasteiger partial charge in [-0.2, -0.15) is 4.31 Å². The molecular weight excluding hydrogens is 462 g/mol. The summed E-state index contributed by atoms with van der Waals surface area (Å²) in [5, 5.41) is 3.36. The average Bonchev–Trinajstić information content (AvgIpc) is 2.79. The summed E-state index contributed by atoms with van der Waals surface area (Å²) in [7, 11) is -2.56. The molecule has 0 aromatic heterocycles. The van der Waals surface area contributed by atoms with Crippen LogP contribution in [0.3, 0.4) is 0 Å². The summed E-state index contributed by atoms with van der Waals surface area (Å²) in [6.07, 6.45) is 1.16. The predicted molar refractivity (Wildman–Crippen MR) is 130 cm³/mol. The molecule has 2 aromatic rings. The first kappa shape index (κ1) is 26.8. The van der Waals surface area contributed by atoms with E-state index in [1.807, 2.05) is 51.1 Å². The van der Waals surface area contributed by atoms with E-state index in [9.17, 15) is 18.0 Å². The largest absolute Gasteiger partial charge is 0.352 e. The van der Waals surface area contributed by atoms with Gasteiger partial charge in [0.25, 0.3) is 0 Å². The van der Waals surface area contributed by atoms with Gasteiger partial charge in [-0.25, -0.2) is 8.42 Å². The maximum absolute atomic E-state index is 13.4. The van der Waals surface area contributed by atoms with E-state index in [2.05, 4.69) is 5.32 Å². The lowest BCUT2D eigenvalue weighted by molar-refractivity contribution is -0.141. The van der Waals surface area contributed by atoms with Crippen LogP contribution in [0.4, 0.5) is 0 Å². The lowest BCUT2D eigenvalue weighted by Gasteiger charge is -2.32. The molecule has 2 rings (SSSR count). The normalized spacial score (nSPS) is 13.4. The number of carbonyl (C=O) groups is 2. The molecule has 2 unspecified atom stereocenters. The van der Waals surface area contributed by atoms with Crippen molar-refractivity contribution in [2.24, 2.45) is 0 Å². The minimum absolute atomic E-state index is 0.0341. The number of nitrogens with one attached hydrogen (secondary N) is 1. The highest BCUT2D eigenvalue weighted by Crippen LogP contribution is 2.19. The van der Waals surface area contributed by atoms with Crippen molar-refractivity contribution >= 4 is 33.4 Å². The highest BCUT2D eigenvalue weighted by atomic mass is 35.5. The van der Waals surface area contributed by atoms with Crippen LogP contribution in [-0.4, -0.2) is 55.1 Å². The van der Waals surface area contributed by atoms with Crippen LogP contribution in [0.25, 0.3) is 0 Å². The predicted octanol–water partition coefficient (Wildman–Crippen LogP) is 3.68. The Labute approximate surface area is 201 Å². The van der Waals surface area contributed by atoms with Crippen molar-refractivity contribution in [3.8, 4) is 0 Å². The second-order valence-corrected chi connectivity index (χ2v) is 10.4. The Balaban J connectivity index is 2.29. The standard InChI is InChI=1S/C24H32ClN3O4S/c1-5-18(3)26-24(30)22(6-2)28(16-19-10-8-7-9-11-19)23(29)17-27(4)33(31,32)21-14-12-20(25)13-15-21/h7-15,18,22H,5-6,16-17H2,1-4H3,(H,26,30). The summed E-state index contributed by atoms with van der Waals surface area (Å²) in [6, 6.07) is 14.3. The maximum Gasteiger partial charge on any atom is 0.243 e. The van der Waals surface area contributed by atoms with E-state index < -0.39 is 28.5 Å². The van der Waals surface area contributed by atoms with Crippen LogP contribution in [0.1, 0.15) is 39.2 Å². The lowest BCUT2D eigenvalue weighted by Crippen LogP contribution is -2.53. The Hall–Kier alpha value is -2.42. The van der Waals surface area contributed by atoms with Crippen LogP contribution >= 0.6 is 11.6 Å². The van der Waals surface area contributed by atoms with Gasteiger partial charge in [0.15, 0.2) is 0 Å². The Morgan fingerprint density at radius 2 is 1.61 bits per heavy atom. The van der Waals surface area contributed by atoms with Crippen LogP contribution in [0.15, 0.2) is 59.5 Å². The number of hydrogen-bond donors (Lipinski definition) is 1. The summed E-state index contributed by atoms with van der Waals surface area (Å²) >= 11 is 5.86. The molecule has 0 saturated heterocycles. The summed E-state index contributed by atoms with van der Waals surface area (Å²) < 4.78 is 26.9. The third kappa shape index (κ3) is 7.28. The van der Waals surface area contributed by atoms with Crippen LogP contribution in [-0.2, 0) is 26.2 Å². The van der Waals surface area contributed by atoms with Gasteiger partial charge in [-0.15, -0.1) is 0 Å². The van der Waals surface area contributed by atoms with Crippen LogP contribution in [0.2, 0.25) is 5.02 Å². The minimum atomic E-state index is -3.91. The maximum atomic E-state index is 13.4. The van der Waals surface area contributed by atoms with Gasteiger partial charge in [0.1, 0.15) is 6.04 Å².